The Balaban J connectivity index is 2.42. The minimum absolute atomic E-state index is 0.311. The standard InChI is InChI=1S/C12H17N3O3/c1-3-4-6-18-7-5-14-11-10(12(16)17-2)8-13-9-15-11/h3,8-9H,1,4-7H2,2H3,(H,13,14,15). The highest BCUT2D eigenvalue weighted by Crippen LogP contribution is 2.10. The number of aromatic nitrogens is 2. The van der Waals surface area contributed by atoms with Gasteiger partial charge >= 0.3 is 5.97 Å². The summed E-state index contributed by atoms with van der Waals surface area (Å²) in [6, 6.07) is 0. The lowest BCUT2D eigenvalue weighted by atomic mass is 10.3. The van der Waals surface area contributed by atoms with E-state index in [4.69, 9.17) is 4.74 Å². The molecule has 1 rings (SSSR count). The van der Waals surface area contributed by atoms with Crippen molar-refractivity contribution in [3.8, 4) is 0 Å². The first kappa shape index (κ1) is 14.1. The van der Waals surface area contributed by atoms with E-state index in [2.05, 4.69) is 26.6 Å². The molecule has 0 radical (unpaired) electrons. The van der Waals surface area contributed by atoms with Crippen molar-refractivity contribution in [1.82, 2.24) is 9.97 Å². The van der Waals surface area contributed by atoms with E-state index in [0.29, 0.717) is 31.1 Å². The molecule has 0 aromatic carbocycles. The maximum Gasteiger partial charge on any atom is 0.343 e. The van der Waals surface area contributed by atoms with Crippen LogP contribution in [0.15, 0.2) is 25.2 Å². The van der Waals surface area contributed by atoms with Gasteiger partial charge in [0.1, 0.15) is 17.7 Å². The highest BCUT2D eigenvalue weighted by atomic mass is 16.5. The second-order valence-electron chi connectivity index (χ2n) is 3.39. The van der Waals surface area contributed by atoms with Crippen molar-refractivity contribution >= 4 is 11.8 Å². The Morgan fingerprint density at radius 1 is 1.56 bits per heavy atom. The maximum absolute atomic E-state index is 11.4. The van der Waals surface area contributed by atoms with Crippen molar-refractivity contribution in [3.05, 3.63) is 30.7 Å². The third-order valence-corrected chi connectivity index (χ3v) is 2.12. The van der Waals surface area contributed by atoms with Gasteiger partial charge in [0.2, 0.25) is 0 Å². The molecule has 0 unspecified atom stereocenters. The molecule has 0 bridgehead atoms. The van der Waals surface area contributed by atoms with E-state index in [1.807, 2.05) is 0 Å². The van der Waals surface area contributed by atoms with Crippen LogP contribution in [0.3, 0.4) is 0 Å². The summed E-state index contributed by atoms with van der Waals surface area (Å²) in [5.41, 5.74) is 0.311. The van der Waals surface area contributed by atoms with Crippen molar-refractivity contribution in [3.63, 3.8) is 0 Å². The number of anilines is 1. The summed E-state index contributed by atoms with van der Waals surface area (Å²) in [5.74, 6) is -0.0187. The van der Waals surface area contributed by atoms with E-state index in [0.717, 1.165) is 6.42 Å². The molecule has 1 N–H and O–H groups in total. The fraction of sp³-hybridized carbons (Fsp3) is 0.417. The quantitative estimate of drug-likeness (QED) is 0.426. The Morgan fingerprint density at radius 3 is 3.11 bits per heavy atom. The lowest BCUT2D eigenvalue weighted by molar-refractivity contribution is 0.0601. The summed E-state index contributed by atoms with van der Waals surface area (Å²) >= 11 is 0. The average Bonchev–Trinajstić information content (AvgIpc) is 2.42. The predicted molar refractivity (Wildman–Crippen MR) is 67.5 cm³/mol. The van der Waals surface area contributed by atoms with Crippen LogP contribution >= 0.6 is 0 Å². The van der Waals surface area contributed by atoms with Crippen LogP contribution in [-0.4, -0.2) is 42.8 Å². The molecule has 0 atom stereocenters. The largest absolute Gasteiger partial charge is 0.465 e. The van der Waals surface area contributed by atoms with Gasteiger partial charge in [-0.25, -0.2) is 14.8 Å². The molecule has 0 saturated carbocycles. The lowest BCUT2D eigenvalue weighted by Gasteiger charge is -2.08. The molecule has 1 aromatic heterocycles. The van der Waals surface area contributed by atoms with Crippen LogP contribution in [0.4, 0.5) is 5.82 Å². The minimum atomic E-state index is -0.467. The number of carbonyl (C=O) groups is 1. The molecular formula is C12H17N3O3. The Bertz CT molecular complexity index is 396. The van der Waals surface area contributed by atoms with E-state index < -0.39 is 5.97 Å². The molecule has 0 aliphatic carbocycles. The predicted octanol–water partition coefficient (Wildman–Crippen LogP) is 1.27. The molecule has 0 aliphatic heterocycles. The van der Waals surface area contributed by atoms with Crippen molar-refractivity contribution < 1.29 is 14.3 Å². The number of rotatable bonds is 8. The van der Waals surface area contributed by atoms with Gasteiger partial charge in [0.05, 0.1) is 20.3 Å². The van der Waals surface area contributed by atoms with Gasteiger partial charge in [-0.05, 0) is 6.42 Å². The second-order valence-corrected chi connectivity index (χ2v) is 3.39. The molecular weight excluding hydrogens is 234 g/mol. The van der Waals surface area contributed by atoms with Crippen molar-refractivity contribution in [2.75, 3.05) is 32.2 Å². The zero-order valence-corrected chi connectivity index (χ0v) is 10.4. The number of hydrogen-bond donors (Lipinski definition) is 1. The molecule has 1 aromatic rings. The first-order chi connectivity index (χ1) is 8.79. The summed E-state index contributed by atoms with van der Waals surface area (Å²) in [6.45, 7) is 5.32. The Kier molecular flexibility index (Phi) is 6.42. The lowest BCUT2D eigenvalue weighted by Crippen LogP contribution is -2.15. The maximum atomic E-state index is 11.4. The van der Waals surface area contributed by atoms with Gasteiger partial charge < -0.3 is 14.8 Å². The van der Waals surface area contributed by atoms with E-state index in [1.54, 1.807) is 6.08 Å². The molecule has 0 spiro atoms. The van der Waals surface area contributed by atoms with E-state index in [-0.39, 0.29) is 0 Å². The molecule has 6 nitrogen and oxygen atoms in total. The summed E-state index contributed by atoms with van der Waals surface area (Å²) in [7, 11) is 1.32. The van der Waals surface area contributed by atoms with Gasteiger partial charge in [-0.3, -0.25) is 0 Å². The fourth-order valence-electron chi connectivity index (χ4n) is 1.24. The fourth-order valence-corrected chi connectivity index (χ4v) is 1.24. The summed E-state index contributed by atoms with van der Waals surface area (Å²) in [5, 5.41) is 3.00. The molecule has 6 heteroatoms. The third kappa shape index (κ3) is 4.50. The molecule has 98 valence electrons. The zero-order chi connectivity index (χ0) is 13.2. The van der Waals surface area contributed by atoms with Crippen molar-refractivity contribution in [2.45, 2.75) is 6.42 Å². The van der Waals surface area contributed by atoms with Crippen LogP contribution in [0.1, 0.15) is 16.8 Å². The Labute approximate surface area is 106 Å². The highest BCUT2D eigenvalue weighted by Gasteiger charge is 2.12. The topological polar surface area (TPSA) is 73.3 Å². The van der Waals surface area contributed by atoms with E-state index >= 15 is 0 Å². The van der Waals surface area contributed by atoms with Crippen LogP contribution in [0.5, 0.6) is 0 Å². The first-order valence-electron chi connectivity index (χ1n) is 5.60. The van der Waals surface area contributed by atoms with Crippen LogP contribution < -0.4 is 5.32 Å². The first-order valence-corrected chi connectivity index (χ1v) is 5.60. The van der Waals surface area contributed by atoms with Gasteiger partial charge in [0.25, 0.3) is 0 Å². The normalized spacial score (nSPS) is 9.83. The van der Waals surface area contributed by atoms with Crippen LogP contribution in [-0.2, 0) is 9.47 Å². The summed E-state index contributed by atoms with van der Waals surface area (Å²) < 4.78 is 9.96. The number of nitrogens with one attached hydrogen (secondary N) is 1. The number of hydrogen-bond acceptors (Lipinski definition) is 6. The number of carbonyl (C=O) groups excluding carboxylic acids is 1. The molecule has 0 amide bonds. The molecule has 1 heterocycles. The van der Waals surface area contributed by atoms with Gasteiger partial charge in [-0.2, -0.15) is 0 Å². The summed E-state index contributed by atoms with van der Waals surface area (Å²) in [4.78, 5) is 19.2. The number of ether oxygens (including phenoxy) is 2. The smallest absolute Gasteiger partial charge is 0.343 e. The van der Waals surface area contributed by atoms with Gasteiger partial charge in [-0.15, -0.1) is 6.58 Å². The van der Waals surface area contributed by atoms with E-state index in [1.165, 1.54) is 19.6 Å². The Hall–Kier alpha value is -1.95. The second kappa shape index (κ2) is 8.19. The highest BCUT2D eigenvalue weighted by molar-refractivity contribution is 5.94. The van der Waals surface area contributed by atoms with Crippen LogP contribution in [0.2, 0.25) is 0 Å². The minimum Gasteiger partial charge on any atom is -0.465 e. The van der Waals surface area contributed by atoms with E-state index in [9.17, 15) is 4.79 Å². The molecule has 0 aliphatic rings. The molecule has 0 fully saturated rings. The van der Waals surface area contributed by atoms with Crippen LogP contribution in [0.25, 0.3) is 0 Å². The average molecular weight is 251 g/mol. The third-order valence-electron chi connectivity index (χ3n) is 2.12. The monoisotopic (exact) mass is 251 g/mol. The van der Waals surface area contributed by atoms with Crippen molar-refractivity contribution in [2.24, 2.45) is 0 Å². The van der Waals surface area contributed by atoms with Gasteiger partial charge in [0, 0.05) is 12.7 Å². The number of methoxy groups -OCH3 is 1. The Morgan fingerprint density at radius 2 is 2.39 bits per heavy atom. The molecule has 0 saturated heterocycles. The van der Waals surface area contributed by atoms with Crippen molar-refractivity contribution in [1.29, 1.82) is 0 Å². The number of esters is 1. The summed E-state index contributed by atoms with van der Waals surface area (Å²) in [6.07, 6.45) is 5.40. The zero-order valence-electron chi connectivity index (χ0n) is 10.4. The molecule has 18 heavy (non-hydrogen) atoms. The van der Waals surface area contributed by atoms with Gasteiger partial charge in [0.15, 0.2) is 0 Å². The van der Waals surface area contributed by atoms with Gasteiger partial charge in [-0.1, -0.05) is 6.08 Å². The SMILES string of the molecule is C=CCCOCCNc1ncncc1C(=O)OC. The van der Waals surface area contributed by atoms with Crippen LogP contribution in [0, 0.1) is 0 Å². The number of nitrogens with zero attached hydrogens (tertiary/aromatic N) is 2.